The molecule has 0 unspecified atom stereocenters. The van der Waals surface area contributed by atoms with Crippen molar-refractivity contribution in [3.05, 3.63) is 88.8 Å². The summed E-state index contributed by atoms with van der Waals surface area (Å²) in [5.41, 5.74) is 1.00. The van der Waals surface area contributed by atoms with Crippen LogP contribution >= 0.6 is 11.6 Å². The van der Waals surface area contributed by atoms with Crippen LogP contribution in [-0.2, 0) is 23.1 Å². The van der Waals surface area contributed by atoms with Crippen molar-refractivity contribution in [3.63, 3.8) is 0 Å². The van der Waals surface area contributed by atoms with Crippen molar-refractivity contribution < 1.29 is 13.4 Å². The SMILES string of the molecule is O=C(NCc1ccccc1)c1ccc(C[S@@](=O)c2ccccc2Cl)o1. The van der Waals surface area contributed by atoms with E-state index in [1.807, 2.05) is 30.3 Å². The molecular formula is C19H16ClNO3S. The normalized spacial score (nSPS) is 11.9. The van der Waals surface area contributed by atoms with Crippen molar-refractivity contribution in [1.82, 2.24) is 5.32 Å². The summed E-state index contributed by atoms with van der Waals surface area (Å²) >= 11 is 6.05. The summed E-state index contributed by atoms with van der Waals surface area (Å²) in [6.45, 7) is 0.418. The molecule has 1 heterocycles. The van der Waals surface area contributed by atoms with E-state index in [9.17, 15) is 9.00 Å². The third-order valence-electron chi connectivity index (χ3n) is 3.54. The third kappa shape index (κ3) is 4.59. The zero-order chi connectivity index (χ0) is 17.6. The van der Waals surface area contributed by atoms with Gasteiger partial charge in [0.15, 0.2) is 5.76 Å². The Labute approximate surface area is 153 Å². The molecule has 1 amide bonds. The molecule has 6 heteroatoms. The lowest BCUT2D eigenvalue weighted by Crippen LogP contribution is -2.22. The number of carbonyl (C=O) groups is 1. The number of amides is 1. The monoisotopic (exact) mass is 373 g/mol. The van der Waals surface area contributed by atoms with E-state index in [1.165, 1.54) is 0 Å². The van der Waals surface area contributed by atoms with Crippen LogP contribution in [0.3, 0.4) is 0 Å². The van der Waals surface area contributed by atoms with Crippen molar-refractivity contribution in [2.45, 2.75) is 17.2 Å². The van der Waals surface area contributed by atoms with E-state index in [0.29, 0.717) is 22.2 Å². The molecule has 1 atom stereocenters. The molecule has 0 spiro atoms. The average molecular weight is 374 g/mol. The molecule has 4 nitrogen and oxygen atoms in total. The summed E-state index contributed by atoms with van der Waals surface area (Å²) in [4.78, 5) is 12.7. The van der Waals surface area contributed by atoms with Gasteiger partial charge in [0.1, 0.15) is 5.76 Å². The van der Waals surface area contributed by atoms with Gasteiger partial charge in [0, 0.05) is 6.54 Å². The fourth-order valence-electron chi connectivity index (χ4n) is 2.28. The van der Waals surface area contributed by atoms with E-state index in [2.05, 4.69) is 5.32 Å². The van der Waals surface area contributed by atoms with Crippen molar-refractivity contribution in [2.75, 3.05) is 0 Å². The molecule has 0 saturated carbocycles. The van der Waals surface area contributed by atoms with Gasteiger partial charge >= 0.3 is 0 Å². The maximum Gasteiger partial charge on any atom is 0.287 e. The molecule has 2 aromatic carbocycles. The number of rotatable bonds is 6. The van der Waals surface area contributed by atoms with Crippen LogP contribution in [0.4, 0.5) is 0 Å². The smallest absolute Gasteiger partial charge is 0.287 e. The first-order valence-corrected chi connectivity index (χ1v) is 9.37. The van der Waals surface area contributed by atoms with Gasteiger partial charge in [0.2, 0.25) is 0 Å². The molecule has 0 bridgehead atoms. The average Bonchev–Trinajstić information content (AvgIpc) is 3.09. The van der Waals surface area contributed by atoms with Gasteiger partial charge in [-0.3, -0.25) is 9.00 Å². The molecule has 0 radical (unpaired) electrons. The van der Waals surface area contributed by atoms with Crippen LogP contribution < -0.4 is 5.32 Å². The molecule has 0 aliphatic heterocycles. The third-order valence-corrected chi connectivity index (χ3v) is 5.37. The maximum atomic E-state index is 12.4. The second kappa shape index (κ2) is 8.14. The van der Waals surface area contributed by atoms with E-state index in [1.54, 1.807) is 36.4 Å². The summed E-state index contributed by atoms with van der Waals surface area (Å²) < 4.78 is 17.9. The van der Waals surface area contributed by atoms with Crippen LogP contribution in [0.1, 0.15) is 21.9 Å². The quantitative estimate of drug-likeness (QED) is 0.705. The number of halogens is 1. The molecule has 0 saturated heterocycles. The lowest BCUT2D eigenvalue weighted by Gasteiger charge is -2.04. The van der Waals surface area contributed by atoms with Crippen LogP contribution in [0.5, 0.6) is 0 Å². The number of hydrogen-bond acceptors (Lipinski definition) is 3. The number of furan rings is 1. The van der Waals surface area contributed by atoms with Crippen LogP contribution in [0.25, 0.3) is 0 Å². The molecule has 128 valence electrons. The van der Waals surface area contributed by atoms with Gasteiger partial charge in [0.05, 0.1) is 26.5 Å². The Hall–Kier alpha value is -2.37. The minimum Gasteiger partial charge on any atom is -0.455 e. The highest BCUT2D eigenvalue weighted by Gasteiger charge is 2.14. The minimum atomic E-state index is -1.34. The number of carbonyl (C=O) groups excluding carboxylic acids is 1. The van der Waals surface area contributed by atoms with Gasteiger partial charge in [-0.1, -0.05) is 54.1 Å². The molecule has 1 N–H and O–H groups in total. The van der Waals surface area contributed by atoms with Gasteiger partial charge in [-0.25, -0.2) is 0 Å². The Morgan fingerprint density at radius 1 is 1.00 bits per heavy atom. The lowest BCUT2D eigenvalue weighted by atomic mass is 10.2. The van der Waals surface area contributed by atoms with E-state index in [4.69, 9.17) is 16.0 Å². The maximum absolute atomic E-state index is 12.4. The van der Waals surface area contributed by atoms with Crippen LogP contribution in [0.15, 0.2) is 76.0 Å². The fourth-order valence-corrected chi connectivity index (χ4v) is 3.76. The first-order chi connectivity index (χ1) is 12.1. The van der Waals surface area contributed by atoms with E-state index >= 15 is 0 Å². The van der Waals surface area contributed by atoms with Gasteiger partial charge in [-0.15, -0.1) is 0 Å². The lowest BCUT2D eigenvalue weighted by molar-refractivity contribution is 0.0921. The highest BCUT2D eigenvalue weighted by atomic mass is 35.5. The van der Waals surface area contributed by atoms with Gasteiger partial charge in [0.25, 0.3) is 5.91 Å². The summed E-state index contributed by atoms with van der Waals surface area (Å²) in [6, 6.07) is 19.8. The number of benzene rings is 2. The first-order valence-electron chi connectivity index (χ1n) is 7.67. The van der Waals surface area contributed by atoms with E-state index in [0.717, 1.165) is 5.56 Å². The number of nitrogens with one attached hydrogen (secondary N) is 1. The van der Waals surface area contributed by atoms with Gasteiger partial charge < -0.3 is 9.73 Å². The summed E-state index contributed by atoms with van der Waals surface area (Å²) in [6.07, 6.45) is 0. The van der Waals surface area contributed by atoms with Crippen LogP contribution in [-0.4, -0.2) is 10.1 Å². The van der Waals surface area contributed by atoms with Gasteiger partial charge in [-0.2, -0.15) is 0 Å². The molecule has 0 aliphatic rings. The largest absolute Gasteiger partial charge is 0.455 e. The second-order valence-corrected chi connectivity index (χ2v) is 7.18. The molecule has 0 aliphatic carbocycles. The molecule has 3 aromatic rings. The Morgan fingerprint density at radius 2 is 1.72 bits per heavy atom. The van der Waals surface area contributed by atoms with E-state index in [-0.39, 0.29) is 17.4 Å². The minimum absolute atomic E-state index is 0.162. The predicted octanol–water partition coefficient (Wildman–Crippen LogP) is 4.17. The molecule has 1 aromatic heterocycles. The summed E-state index contributed by atoms with van der Waals surface area (Å²) in [5, 5.41) is 3.25. The van der Waals surface area contributed by atoms with E-state index < -0.39 is 10.8 Å². The first kappa shape index (κ1) is 17.5. The molecular weight excluding hydrogens is 358 g/mol. The fraction of sp³-hybridized carbons (Fsp3) is 0.105. The summed E-state index contributed by atoms with van der Waals surface area (Å²) in [7, 11) is -1.34. The van der Waals surface area contributed by atoms with Crippen molar-refractivity contribution >= 4 is 28.3 Å². The zero-order valence-corrected chi connectivity index (χ0v) is 14.8. The molecule has 0 fully saturated rings. The predicted molar refractivity (Wildman–Crippen MR) is 97.9 cm³/mol. The highest BCUT2D eigenvalue weighted by molar-refractivity contribution is 7.84. The highest BCUT2D eigenvalue weighted by Crippen LogP contribution is 2.22. The Kier molecular flexibility index (Phi) is 5.68. The number of hydrogen-bond donors (Lipinski definition) is 1. The Morgan fingerprint density at radius 3 is 2.48 bits per heavy atom. The second-order valence-electron chi connectivity index (χ2n) is 5.35. The zero-order valence-electron chi connectivity index (χ0n) is 13.3. The van der Waals surface area contributed by atoms with Crippen LogP contribution in [0.2, 0.25) is 5.02 Å². The van der Waals surface area contributed by atoms with Crippen molar-refractivity contribution in [2.24, 2.45) is 0 Å². The summed E-state index contributed by atoms with van der Waals surface area (Å²) in [5.74, 6) is 0.527. The topological polar surface area (TPSA) is 59.3 Å². The van der Waals surface area contributed by atoms with Crippen molar-refractivity contribution in [1.29, 1.82) is 0 Å². The molecule has 3 rings (SSSR count). The van der Waals surface area contributed by atoms with Gasteiger partial charge in [-0.05, 0) is 29.8 Å². The van der Waals surface area contributed by atoms with Crippen LogP contribution in [0, 0.1) is 0 Å². The Bertz CT molecular complexity index is 892. The van der Waals surface area contributed by atoms with Crippen molar-refractivity contribution in [3.8, 4) is 0 Å². The Balaban J connectivity index is 1.61. The molecule has 25 heavy (non-hydrogen) atoms. The standard InChI is InChI=1S/C19H16ClNO3S/c20-16-8-4-5-9-18(16)25(23)13-15-10-11-17(24-15)19(22)21-12-14-6-2-1-3-7-14/h1-11H,12-13H2,(H,21,22)/t25-/m1/s1.